The van der Waals surface area contributed by atoms with E-state index in [-0.39, 0.29) is 37.7 Å². The lowest BCUT2D eigenvalue weighted by Gasteiger charge is -2.29. The highest BCUT2D eigenvalue weighted by Gasteiger charge is 2.26. The first kappa shape index (κ1) is 27.3. The molecule has 2 aromatic rings. The molecule has 7 nitrogen and oxygen atoms in total. The maximum absolute atomic E-state index is 13.3. The minimum absolute atomic E-state index is 0.0599. The Kier molecular flexibility index (Phi) is 10.0. The molecule has 2 aromatic carbocycles. The smallest absolute Gasteiger partial charge is 0.242 e. The molecule has 9 heteroatoms. The number of nitrogens with zero attached hydrogens (tertiary/aromatic N) is 2. The molecule has 0 radical (unpaired) electrons. The SMILES string of the molecule is CCCNC(=O)C(C)N(Cc1cccc(C)c1)C(=O)CCCN(c1ccc(F)cc1)S(C)(=O)=O. The highest BCUT2D eigenvalue weighted by atomic mass is 32.2. The Morgan fingerprint density at radius 1 is 1.12 bits per heavy atom. The fourth-order valence-corrected chi connectivity index (χ4v) is 4.56. The molecule has 1 unspecified atom stereocenters. The topological polar surface area (TPSA) is 86.8 Å². The minimum Gasteiger partial charge on any atom is -0.354 e. The number of hydrogen-bond donors (Lipinski definition) is 1. The summed E-state index contributed by atoms with van der Waals surface area (Å²) in [7, 11) is -3.62. The summed E-state index contributed by atoms with van der Waals surface area (Å²) in [6.07, 6.45) is 2.17. The first-order valence-corrected chi connectivity index (χ1v) is 13.2. The van der Waals surface area contributed by atoms with Gasteiger partial charge in [0.15, 0.2) is 0 Å². The van der Waals surface area contributed by atoms with Crippen LogP contribution in [-0.4, -0.2) is 50.5 Å². The lowest BCUT2D eigenvalue weighted by Crippen LogP contribution is -2.47. The third kappa shape index (κ3) is 8.13. The molecule has 2 rings (SSSR count). The van der Waals surface area contributed by atoms with E-state index in [4.69, 9.17) is 0 Å². The zero-order valence-electron chi connectivity index (χ0n) is 20.3. The van der Waals surface area contributed by atoms with Crippen molar-refractivity contribution in [3.8, 4) is 0 Å². The molecule has 0 aromatic heterocycles. The summed E-state index contributed by atoms with van der Waals surface area (Å²) in [6.45, 7) is 6.47. The van der Waals surface area contributed by atoms with Gasteiger partial charge >= 0.3 is 0 Å². The van der Waals surface area contributed by atoms with Crippen LogP contribution >= 0.6 is 0 Å². The summed E-state index contributed by atoms with van der Waals surface area (Å²) in [5.41, 5.74) is 2.30. The van der Waals surface area contributed by atoms with Crippen molar-refractivity contribution in [2.24, 2.45) is 0 Å². The van der Waals surface area contributed by atoms with Crippen molar-refractivity contribution in [1.82, 2.24) is 10.2 Å². The van der Waals surface area contributed by atoms with Crippen LogP contribution in [0.2, 0.25) is 0 Å². The number of amides is 2. The van der Waals surface area contributed by atoms with Crippen LogP contribution in [0.4, 0.5) is 10.1 Å². The molecule has 1 N–H and O–H groups in total. The van der Waals surface area contributed by atoms with Crippen LogP contribution in [0.1, 0.15) is 44.2 Å². The standard InChI is InChI=1S/C25H34FN3O4S/c1-5-15-27-25(31)20(3)28(18-21-9-6-8-19(2)17-21)24(30)10-7-16-29(34(4,32)33)23-13-11-22(26)12-14-23/h6,8-9,11-14,17,20H,5,7,10,15-16,18H2,1-4H3,(H,27,31). The van der Waals surface area contributed by atoms with Gasteiger partial charge in [0.25, 0.3) is 0 Å². The molecule has 0 saturated carbocycles. The number of nitrogens with one attached hydrogen (secondary N) is 1. The first-order valence-electron chi connectivity index (χ1n) is 11.4. The van der Waals surface area contributed by atoms with Gasteiger partial charge in [-0.2, -0.15) is 0 Å². The summed E-state index contributed by atoms with van der Waals surface area (Å²) in [4.78, 5) is 27.3. The van der Waals surface area contributed by atoms with Gasteiger partial charge in [-0.15, -0.1) is 0 Å². The maximum Gasteiger partial charge on any atom is 0.242 e. The fourth-order valence-electron chi connectivity index (χ4n) is 3.60. The number of carbonyl (C=O) groups is 2. The molecule has 186 valence electrons. The van der Waals surface area contributed by atoms with Gasteiger partial charge in [0, 0.05) is 26.1 Å². The number of rotatable bonds is 12. The van der Waals surface area contributed by atoms with E-state index >= 15 is 0 Å². The average Bonchev–Trinajstić information content (AvgIpc) is 2.78. The van der Waals surface area contributed by atoms with Crippen LogP contribution < -0.4 is 9.62 Å². The molecule has 0 aliphatic carbocycles. The molecule has 0 aliphatic heterocycles. The van der Waals surface area contributed by atoms with Crippen LogP contribution in [0, 0.1) is 12.7 Å². The Morgan fingerprint density at radius 2 is 1.79 bits per heavy atom. The van der Waals surface area contributed by atoms with Crippen LogP contribution in [-0.2, 0) is 26.2 Å². The Labute approximate surface area is 202 Å². The number of carbonyl (C=O) groups excluding carboxylic acids is 2. The molecule has 34 heavy (non-hydrogen) atoms. The van der Waals surface area contributed by atoms with Crippen LogP contribution in [0.15, 0.2) is 48.5 Å². The Hall–Kier alpha value is -2.94. The third-order valence-corrected chi connectivity index (χ3v) is 6.61. The van der Waals surface area contributed by atoms with Gasteiger partial charge in [-0.25, -0.2) is 12.8 Å². The number of benzene rings is 2. The van der Waals surface area contributed by atoms with E-state index in [0.717, 1.165) is 28.1 Å². The number of sulfonamides is 1. The molecule has 0 saturated heterocycles. The van der Waals surface area contributed by atoms with Crippen LogP contribution in [0.3, 0.4) is 0 Å². The van der Waals surface area contributed by atoms with Crippen LogP contribution in [0.5, 0.6) is 0 Å². The van der Waals surface area contributed by atoms with E-state index < -0.39 is 21.9 Å². The molecule has 0 aliphatic rings. The maximum atomic E-state index is 13.3. The van der Waals surface area contributed by atoms with Gasteiger partial charge in [-0.05, 0) is 56.5 Å². The van der Waals surface area contributed by atoms with Crippen molar-refractivity contribution in [3.63, 3.8) is 0 Å². The predicted octanol–water partition coefficient (Wildman–Crippen LogP) is 3.62. The quantitative estimate of drug-likeness (QED) is 0.491. The number of hydrogen-bond acceptors (Lipinski definition) is 4. The van der Waals surface area contributed by atoms with Gasteiger partial charge in [0.05, 0.1) is 11.9 Å². The second-order valence-corrected chi connectivity index (χ2v) is 10.3. The van der Waals surface area contributed by atoms with Crippen molar-refractivity contribution >= 4 is 27.5 Å². The highest BCUT2D eigenvalue weighted by molar-refractivity contribution is 7.92. The zero-order valence-corrected chi connectivity index (χ0v) is 21.1. The Balaban J connectivity index is 2.14. The van der Waals surface area contributed by atoms with Gasteiger partial charge in [-0.1, -0.05) is 36.8 Å². The average molecular weight is 492 g/mol. The second-order valence-electron chi connectivity index (χ2n) is 8.39. The molecule has 0 spiro atoms. The second kappa shape index (κ2) is 12.5. The van der Waals surface area contributed by atoms with Gasteiger partial charge in [-0.3, -0.25) is 13.9 Å². The van der Waals surface area contributed by atoms with Gasteiger partial charge in [0.1, 0.15) is 11.9 Å². The minimum atomic E-state index is -3.62. The van der Waals surface area contributed by atoms with E-state index in [0.29, 0.717) is 12.2 Å². The lowest BCUT2D eigenvalue weighted by atomic mass is 10.1. The van der Waals surface area contributed by atoms with Crippen molar-refractivity contribution in [2.45, 2.75) is 52.6 Å². The molecule has 2 amide bonds. The molecular formula is C25H34FN3O4S. The van der Waals surface area contributed by atoms with E-state index in [1.165, 1.54) is 29.2 Å². The van der Waals surface area contributed by atoms with Crippen molar-refractivity contribution in [3.05, 3.63) is 65.5 Å². The van der Waals surface area contributed by atoms with Crippen LogP contribution in [0.25, 0.3) is 0 Å². The summed E-state index contributed by atoms with van der Waals surface area (Å²) >= 11 is 0. The molecule has 0 fully saturated rings. The zero-order chi connectivity index (χ0) is 25.3. The summed E-state index contributed by atoms with van der Waals surface area (Å²) in [5, 5.41) is 2.83. The van der Waals surface area contributed by atoms with E-state index in [2.05, 4.69) is 5.32 Å². The van der Waals surface area contributed by atoms with Crippen molar-refractivity contribution in [1.29, 1.82) is 0 Å². The molecular weight excluding hydrogens is 457 g/mol. The first-order chi connectivity index (χ1) is 16.0. The van der Waals surface area contributed by atoms with Gasteiger partial charge < -0.3 is 10.2 Å². The molecule has 0 bridgehead atoms. The van der Waals surface area contributed by atoms with Crippen molar-refractivity contribution in [2.75, 3.05) is 23.7 Å². The summed E-state index contributed by atoms with van der Waals surface area (Å²) < 4.78 is 39.0. The molecule has 0 heterocycles. The lowest BCUT2D eigenvalue weighted by molar-refractivity contribution is -0.140. The highest BCUT2D eigenvalue weighted by Crippen LogP contribution is 2.19. The van der Waals surface area contributed by atoms with Gasteiger partial charge in [0.2, 0.25) is 21.8 Å². The normalized spacial score (nSPS) is 12.1. The number of halogens is 1. The van der Waals surface area contributed by atoms with E-state index in [9.17, 15) is 22.4 Å². The summed E-state index contributed by atoms with van der Waals surface area (Å²) in [6, 6.07) is 12.2. The Bertz CT molecular complexity index is 1070. The molecule has 1 atom stereocenters. The van der Waals surface area contributed by atoms with E-state index in [1.54, 1.807) is 6.92 Å². The monoisotopic (exact) mass is 491 g/mol. The summed E-state index contributed by atoms with van der Waals surface area (Å²) in [5.74, 6) is -0.936. The fraction of sp³-hybridized carbons (Fsp3) is 0.440. The third-order valence-electron chi connectivity index (χ3n) is 5.42. The number of anilines is 1. The van der Waals surface area contributed by atoms with E-state index in [1.807, 2.05) is 38.1 Å². The number of aryl methyl sites for hydroxylation is 1. The largest absolute Gasteiger partial charge is 0.354 e. The Morgan fingerprint density at radius 3 is 2.38 bits per heavy atom. The van der Waals surface area contributed by atoms with Crippen molar-refractivity contribution < 1.29 is 22.4 Å². The predicted molar refractivity (Wildman–Crippen MR) is 132 cm³/mol.